The molecule has 6 heteroatoms. The van der Waals surface area contributed by atoms with Crippen molar-refractivity contribution in [2.45, 2.75) is 13.3 Å². The molecule has 0 aliphatic carbocycles. The number of aromatic amines is 1. The predicted molar refractivity (Wildman–Crippen MR) is 71.6 cm³/mol. The third kappa shape index (κ3) is 2.08. The fourth-order valence-corrected chi connectivity index (χ4v) is 2.60. The van der Waals surface area contributed by atoms with Gasteiger partial charge in [-0.25, -0.2) is 4.98 Å². The van der Waals surface area contributed by atoms with E-state index >= 15 is 0 Å². The molecule has 2 heterocycles. The van der Waals surface area contributed by atoms with Crippen molar-refractivity contribution in [3.8, 4) is 0 Å². The number of nitrogens with one attached hydrogen (secondary N) is 1. The Morgan fingerprint density at radius 3 is 3.12 bits per heavy atom. The van der Waals surface area contributed by atoms with Crippen LogP contribution in [0.5, 0.6) is 0 Å². The predicted octanol–water partition coefficient (Wildman–Crippen LogP) is 0.550. The average molecular weight is 334 g/mol. The lowest BCUT2D eigenvalue weighted by atomic mass is 9.90. The quantitative estimate of drug-likeness (QED) is 0.775. The number of rotatable bonds is 2. The van der Waals surface area contributed by atoms with Crippen molar-refractivity contribution < 1.29 is 0 Å². The standard InChI is InChI=1S/C10H15IN4O/c1-10(4-12)2-3-15(5-10)8-7(11)9(16)14-6-13-8/h6H,2-5,12H2,1H3,(H,13,14,16). The number of H-pyrrole nitrogens is 1. The van der Waals surface area contributed by atoms with Gasteiger partial charge in [-0.1, -0.05) is 6.92 Å². The van der Waals surface area contributed by atoms with Gasteiger partial charge in [0.25, 0.3) is 5.56 Å². The molecule has 2 rings (SSSR count). The van der Waals surface area contributed by atoms with E-state index in [9.17, 15) is 4.79 Å². The molecule has 5 nitrogen and oxygen atoms in total. The maximum Gasteiger partial charge on any atom is 0.266 e. The summed E-state index contributed by atoms with van der Waals surface area (Å²) in [6.07, 6.45) is 2.51. The van der Waals surface area contributed by atoms with E-state index in [1.54, 1.807) is 0 Å². The molecule has 1 aliphatic rings. The molecule has 0 spiro atoms. The topological polar surface area (TPSA) is 75.0 Å². The summed E-state index contributed by atoms with van der Waals surface area (Å²) >= 11 is 2.04. The van der Waals surface area contributed by atoms with Crippen LogP contribution in [-0.4, -0.2) is 29.6 Å². The van der Waals surface area contributed by atoms with Gasteiger partial charge in [-0.3, -0.25) is 4.79 Å². The van der Waals surface area contributed by atoms with Crippen LogP contribution in [0.2, 0.25) is 0 Å². The first kappa shape index (κ1) is 11.8. The van der Waals surface area contributed by atoms with E-state index in [4.69, 9.17) is 5.73 Å². The summed E-state index contributed by atoms with van der Waals surface area (Å²) in [4.78, 5) is 20.4. The van der Waals surface area contributed by atoms with E-state index in [1.165, 1.54) is 6.33 Å². The second-order valence-corrected chi connectivity index (χ2v) is 5.63. The highest BCUT2D eigenvalue weighted by molar-refractivity contribution is 14.1. The van der Waals surface area contributed by atoms with Gasteiger partial charge in [0.2, 0.25) is 0 Å². The Hall–Kier alpha value is -0.630. The van der Waals surface area contributed by atoms with Gasteiger partial charge in [0.05, 0.1) is 6.33 Å². The Kier molecular flexibility index (Phi) is 3.20. The van der Waals surface area contributed by atoms with Crippen LogP contribution >= 0.6 is 22.6 Å². The minimum Gasteiger partial charge on any atom is -0.355 e. The van der Waals surface area contributed by atoms with Gasteiger partial charge in [0, 0.05) is 13.1 Å². The SMILES string of the molecule is CC1(CN)CCN(c2nc[nH]c(=O)c2I)C1. The highest BCUT2D eigenvalue weighted by Gasteiger charge is 2.34. The Bertz CT molecular complexity index is 447. The third-order valence-electron chi connectivity index (χ3n) is 3.13. The molecule has 0 bridgehead atoms. The van der Waals surface area contributed by atoms with Crippen LogP contribution in [0, 0.1) is 8.99 Å². The minimum atomic E-state index is -0.0769. The molecule has 1 fully saturated rings. The normalized spacial score (nSPS) is 25.1. The van der Waals surface area contributed by atoms with E-state index in [-0.39, 0.29) is 11.0 Å². The summed E-state index contributed by atoms with van der Waals surface area (Å²) in [5, 5.41) is 0. The summed E-state index contributed by atoms with van der Waals surface area (Å²) in [7, 11) is 0. The number of nitrogens with two attached hydrogens (primary N) is 1. The number of halogens is 1. The van der Waals surface area contributed by atoms with Gasteiger partial charge in [-0.15, -0.1) is 0 Å². The van der Waals surface area contributed by atoms with Gasteiger partial charge in [0.15, 0.2) is 0 Å². The van der Waals surface area contributed by atoms with Crippen molar-refractivity contribution >= 4 is 28.4 Å². The lowest BCUT2D eigenvalue weighted by Gasteiger charge is -2.23. The average Bonchev–Trinajstić information content (AvgIpc) is 2.66. The van der Waals surface area contributed by atoms with E-state index in [0.717, 1.165) is 25.3 Å². The molecular formula is C10H15IN4O. The molecule has 1 aromatic rings. The lowest BCUT2D eigenvalue weighted by Crippen LogP contribution is -2.32. The van der Waals surface area contributed by atoms with Crippen LogP contribution in [0.15, 0.2) is 11.1 Å². The highest BCUT2D eigenvalue weighted by Crippen LogP contribution is 2.32. The minimum absolute atomic E-state index is 0.0769. The number of hydrogen-bond donors (Lipinski definition) is 2. The van der Waals surface area contributed by atoms with Gasteiger partial charge in [-0.2, -0.15) is 0 Å². The van der Waals surface area contributed by atoms with Gasteiger partial charge < -0.3 is 15.6 Å². The Balaban J connectivity index is 2.27. The number of hydrogen-bond acceptors (Lipinski definition) is 4. The maximum atomic E-state index is 11.5. The Morgan fingerprint density at radius 1 is 1.75 bits per heavy atom. The van der Waals surface area contributed by atoms with E-state index in [1.807, 2.05) is 22.6 Å². The Morgan fingerprint density at radius 2 is 2.50 bits per heavy atom. The summed E-state index contributed by atoms with van der Waals surface area (Å²) < 4.78 is 0.654. The lowest BCUT2D eigenvalue weighted by molar-refractivity contribution is 0.383. The molecule has 1 saturated heterocycles. The van der Waals surface area contributed by atoms with Crippen molar-refractivity contribution in [3.63, 3.8) is 0 Å². The monoisotopic (exact) mass is 334 g/mol. The van der Waals surface area contributed by atoms with Crippen molar-refractivity contribution in [2.24, 2.45) is 11.1 Å². The first-order valence-corrected chi connectivity index (χ1v) is 6.32. The number of aromatic nitrogens is 2. The zero-order valence-corrected chi connectivity index (χ0v) is 11.3. The highest BCUT2D eigenvalue weighted by atomic mass is 127. The van der Waals surface area contributed by atoms with Crippen LogP contribution in [0.1, 0.15) is 13.3 Å². The van der Waals surface area contributed by atoms with Gasteiger partial charge in [-0.05, 0) is 41.0 Å². The molecule has 0 amide bonds. The molecule has 3 N–H and O–H groups in total. The van der Waals surface area contributed by atoms with Crippen LogP contribution in [0.25, 0.3) is 0 Å². The van der Waals surface area contributed by atoms with Gasteiger partial charge >= 0.3 is 0 Å². The van der Waals surface area contributed by atoms with E-state index < -0.39 is 0 Å². The molecule has 0 radical (unpaired) electrons. The molecule has 1 unspecified atom stereocenters. The summed E-state index contributed by atoms with van der Waals surface area (Å²) in [6, 6.07) is 0. The van der Waals surface area contributed by atoms with Crippen molar-refractivity contribution in [3.05, 3.63) is 20.3 Å². The van der Waals surface area contributed by atoms with E-state index in [2.05, 4.69) is 21.8 Å². The van der Waals surface area contributed by atoms with Crippen LogP contribution in [-0.2, 0) is 0 Å². The van der Waals surface area contributed by atoms with E-state index in [0.29, 0.717) is 10.1 Å². The Labute approximate surface area is 108 Å². The molecular weight excluding hydrogens is 319 g/mol. The smallest absolute Gasteiger partial charge is 0.266 e. The fourth-order valence-electron chi connectivity index (χ4n) is 1.97. The number of nitrogens with zero attached hydrogens (tertiary/aromatic N) is 2. The third-order valence-corrected chi connectivity index (χ3v) is 4.10. The molecule has 0 saturated carbocycles. The summed E-state index contributed by atoms with van der Waals surface area (Å²) in [5.41, 5.74) is 5.83. The molecule has 0 aromatic carbocycles. The first-order valence-electron chi connectivity index (χ1n) is 5.24. The largest absolute Gasteiger partial charge is 0.355 e. The van der Waals surface area contributed by atoms with Crippen LogP contribution < -0.4 is 16.2 Å². The second-order valence-electron chi connectivity index (χ2n) is 4.56. The van der Waals surface area contributed by atoms with Crippen molar-refractivity contribution in [1.29, 1.82) is 0 Å². The second kappa shape index (κ2) is 4.33. The molecule has 1 aromatic heterocycles. The summed E-state index contributed by atoms with van der Waals surface area (Å²) in [5.74, 6) is 0.779. The molecule has 1 atom stereocenters. The first-order chi connectivity index (χ1) is 7.56. The fraction of sp³-hybridized carbons (Fsp3) is 0.600. The van der Waals surface area contributed by atoms with Crippen molar-refractivity contribution in [2.75, 3.05) is 24.5 Å². The number of anilines is 1. The maximum absolute atomic E-state index is 11.5. The molecule has 16 heavy (non-hydrogen) atoms. The molecule has 1 aliphatic heterocycles. The molecule has 88 valence electrons. The van der Waals surface area contributed by atoms with Crippen molar-refractivity contribution in [1.82, 2.24) is 9.97 Å². The van der Waals surface area contributed by atoms with Gasteiger partial charge in [0.1, 0.15) is 9.39 Å². The van der Waals surface area contributed by atoms with Crippen LogP contribution in [0.4, 0.5) is 5.82 Å². The zero-order chi connectivity index (χ0) is 11.8. The van der Waals surface area contributed by atoms with Crippen LogP contribution in [0.3, 0.4) is 0 Å². The zero-order valence-electron chi connectivity index (χ0n) is 9.16. The summed E-state index contributed by atoms with van der Waals surface area (Å²) in [6.45, 7) is 4.63.